The summed E-state index contributed by atoms with van der Waals surface area (Å²) in [6, 6.07) is 2.02. The van der Waals surface area contributed by atoms with Crippen LogP contribution in [0.15, 0.2) is 18.2 Å². The molecule has 1 rings (SSSR count). The Kier molecular flexibility index (Phi) is 5.62. The molecule has 0 aliphatic rings. The van der Waals surface area contributed by atoms with Gasteiger partial charge in [0.05, 0.1) is 12.1 Å². The Morgan fingerprint density at radius 2 is 1.95 bits per heavy atom. The van der Waals surface area contributed by atoms with Crippen LogP contribution in [0.5, 0.6) is 0 Å². The first kappa shape index (κ1) is 16.6. The molecular formula is C15H22F2N2O. The lowest BCUT2D eigenvalue weighted by Gasteiger charge is -2.30. The van der Waals surface area contributed by atoms with Crippen LogP contribution in [0.2, 0.25) is 0 Å². The zero-order valence-electron chi connectivity index (χ0n) is 12.4. The van der Waals surface area contributed by atoms with Crippen molar-refractivity contribution in [2.24, 2.45) is 11.7 Å². The average Bonchev–Trinajstić information content (AvgIpc) is 2.45. The van der Waals surface area contributed by atoms with E-state index in [1.165, 1.54) is 4.90 Å². The van der Waals surface area contributed by atoms with Crippen molar-refractivity contribution in [2.75, 3.05) is 7.05 Å². The van der Waals surface area contributed by atoms with Crippen LogP contribution in [0.4, 0.5) is 8.78 Å². The normalized spacial score (nSPS) is 15.6. The van der Waals surface area contributed by atoms with Gasteiger partial charge in [-0.2, -0.15) is 0 Å². The number of rotatable bonds is 5. The Hall–Kier alpha value is -1.49. The van der Waals surface area contributed by atoms with Gasteiger partial charge in [0, 0.05) is 12.6 Å². The number of benzene rings is 1. The van der Waals surface area contributed by atoms with Crippen LogP contribution in [0.25, 0.3) is 0 Å². The minimum atomic E-state index is -0.635. The lowest BCUT2D eigenvalue weighted by atomic mass is 9.97. The van der Waals surface area contributed by atoms with Gasteiger partial charge in [0.2, 0.25) is 5.91 Å². The summed E-state index contributed by atoms with van der Waals surface area (Å²) >= 11 is 0. The summed E-state index contributed by atoms with van der Waals surface area (Å²) in [7, 11) is 1.56. The third-order valence-electron chi connectivity index (χ3n) is 3.88. The summed E-state index contributed by atoms with van der Waals surface area (Å²) in [5.41, 5.74) is 6.05. The molecule has 1 aromatic rings. The summed E-state index contributed by atoms with van der Waals surface area (Å²) in [6.45, 7) is 5.50. The van der Waals surface area contributed by atoms with Crippen molar-refractivity contribution in [1.82, 2.24) is 4.90 Å². The van der Waals surface area contributed by atoms with Gasteiger partial charge in [-0.15, -0.1) is 0 Å². The molecule has 20 heavy (non-hydrogen) atoms. The molecule has 2 N–H and O–H groups in total. The van der Waals surface area contributed by atoms with Gasteiger partial charge in [0.25, 0.3) is 0 Å². The van der Waals surface area contributed by atoms with E-state index in [4.69, 9.17) is 5.73 Å². The van der Waals surface area contributed by atoms with Crippen LogP contribution in [-0.2, 0) is 4.79 Å². The monoisotopic (exact) mass is 284 g/mol. The summed E-state index contributed by atoms with van der Waals surface area (Å²) in [4.78, 5) is 13.6. The molecule has 0 heterocycles. The van der Waals surface area contributed by atoms with Crippen LogP contribution in [0.3, 0.4) is 0 Å². The van der Waals surface area contributed by atoms with Crippen LogP contribution >= 0.6 is 0 Å². The molecule has 2 unspecified atom stereocenters. The maximum Gasteiger partial charge on any atom is 0.240 e. The quantitative estimate of drug-likeness (QED) is 0.903. The van der Waals surface area contributed by atoms with Gasteiger partial charge in [0.1, 0.15) is 11.6 Å². The number of hydrogen-bond donors (Lipinski definition) is 1. The maximum atomic E-state index is 13.7. The molecule has 0 aliphatic heterocycles. The second-order valence-electron chi connectivity index (χ2n) is 5.20. The highest BCUT2D eigenvalue weighted by Gasteiger charge is 2.27. The lowest BCUT2D eigenvalue weighted by molar-refractivity contribution is -0.134. The first-order valence-electron chi connectivity index (χ1n) is 6.76. The second kappa shape index (κ2) is 6.79. The standard InChI is InChI=1S/C15H22F2N2O/c1-5-9(2)14(18)15(20)19(4)10(3)12-8-11(16)6-7-13(12)17/h6-10,14H,5,18H2,1-4H3/t9?,10?,14-/m0/s1. The second-order valence-corrected chi connectivity index (χ2v) is 5.20. The van der Waals surface area contributed by atoms with E-state index in [-0.39, 0.29) is 17.4 Å². The number of likely N-dealkylation sites (N-methyl/N-ethyl adjacent to an activating group) is 1. The van der Waals surface area contributed by atoms with E-state index in [1.54, 1.807) is 14.0 Å². The molecular weight excluding hydrogens is 262 g/mol. The Bertz CT molecular complexity index is 479. The fraction of sp³-hybridized carbons (Fsp3) is 0.533. The minimum Gasteiger partial charge on any atom is -0.338 e. The predicted molar refractivity (Wildman–Crippen MR) is 75.0 cm³/mol. The van der Waals surface area contributed by atoms with E-state index >= 15 is 0 Å². The number of nitrogens with two attached hydrogens (primary N) is 1. The molecule has 3 nitrogen and oxygen atoms in total. The van der Waals surface area contributed by atoms with E-state index < -0.39 is 23.7 Å². The van der Waals surface area contributed by atoms with Gasteiger partial charge >= 0.3 is 0 Å². The van der Waals surface area contributed by atoms with E-state index in [0.29, 0.717) is 0 Å². The molecule has 0 aromatic heterocycles. The Balaban J connectivity index is 2.93. The fourth-order valence-electron chi connectivity index (χ4n) is 1.97. The Labute approximate surface area is 118 Å². The summed E-state index contributed by atoms with van der Waals surface area (Å²) < 4.78 is 27.0. The Morgan fingerprint density at radius 1 is 1.35 bits per heavy atom. The van der Waals surface area contributed by atoms with Gasteiger partial charge in [-0.1, -0.05) is 20.3 Å². The molecule has 3 atom stereocenters. The summed E-state index contributed by atoms with van der Waals surface area (Å²) in [5.74, 6) is -1.29. The van der Waals surface area contributed by atoms with Gasteiger partial charge in [-0.25, -0.2) is 8.78 Å². The number of carbonyl (C=O) groups is 1. The number of hydrogen-bond acceptors (Lipinski definition) is 2. The topological polar surface area (TPSA) is 46.3 Å². The van der Waals surface area contributed by atoms with Crippen molar-refractivity contribution in [3.8, 4) is 0 Å². The highest BCUT2D eigenvalue weighted by atomic mass is 19.1. The minimum absolute atomic E-state index is 0.0366. The van der Waals surface area contributed by atoms with Gasteiger partial charge in [0.15, 0.2) is 0 Å². The molecule has 0 fully saturated rings. The highest BCUT2D eigenvalue weighted by Crippen LogP contribution is 2.24. The van der Waals surface area contributed by atoms with Crippen molar-refractivity contribution >= 4 is 5.91 Å². The van der Waals surface area contributed by atoms with E-state index in [0.717, 1.165) is 24.6 Å². The fourth-order valence-corrected chi connectivity index (χ4v) is 1.97. The molecule has 0 radical (unpaired) electrons. The summed E-state index contributed by atoms with van der Waals surface area (Å²) in [6.07, 6.45) is 0.781. The number of nitrogens with zero attached hydrogens (tertiary/aromatic N) is 1. The number of halogens is 2. The van der Waals surface area contributed by atoms with Crippen LogP contribution < -0.4 is 5.73 Å². The van der Waals surface area contributed by atoms with Crippen molar-refractivity contribution in [1.29, 1.82) is 0 Å². The van der Waals surface area contributed by atoms with E-state index in [1.807, 2.05) is 13.8 Å². The largest absolute Gasteiger partial charge is 0.338 e. The van der Waals surface area contributed by atoms with Crippen LogP contribution in [0.1, 0.15) is 38.8 Å². The van der Waals surface area contributed by atoms with Gasteiger partial charge in [-0.05, 0) is 31.0 Å². The molecule has 1 aromatic carbocycles. The SMILES string of the molecule is CCC(C)[C@H](N)C(=O)N(C)C(C)c1cc(F)ccc1F. The van der Waals surface area contributed by atoms with E-state index in [9.17, 15) is 13.6 Å². The molecule has 0 aliphatic carbocycles. The van der Waals surface area contributed by atoms with Gasteiger partial charge < -0.3 is 10.6 Å². The molecule has 5 heteroatoms. The first-order valence-corrected chi connectivity index (χ1v) is 6.76. The van der Waals surface area contributed by atoms with E-state index in [2.05, 4.69) is 0 Å². The molecule has 0 bridgehead atoms. The van der Waals surface area contributed by atoms with Crippen LogP contribution in [0, 0.1) is 17.6 Å². The first-order chi connectivity index (χ1) is 9.29. The summed E-state index contributed by atoms with van der Waals surface area (Å²) in [5, 5.41) is 0. The molecule has 112 valence electrons. The smallest absolute Gasteiger partial charge is 0.240 e. The lowest BCUT2D eigenvalue weighted by Crippen LogP contribution is -2.46. The average molecular weight is 284 g/mol. The highest BCUT2D eigenvalue weighted by molar-refractivity contribution is 5.82. The van der Waals surface area contributed by atoms with Crippen molar-refractivity contribution in [3.05, 3.63) is 35.4 Å². The van der Waals surface area contributed by atoms with Crippen molar-refractivity contribution in [3.63, 3.8) is 0 Å². The predicted octanol–water partition coefficient (Wildman–Crippen LogP) is 2.86. The molecule has 0 saturated carbocycles. The number of carbonyl (C=O) groups excluding carboxylic acids is 1. The third-order valence-corrected chi connectivity index (χ3v) is 3.88. The zero-order valence-corrected chi connectivity index (χ0v) is 12.4. The third kappa shape index (κ3) is 3.54. The number of amides is 1. The zero-order chi connectivity index (χ0) is 15.4. The molecule has 1 amide bonds. The Morgan fingerprint density at radius 3 is 2.50 bits per heavy atom. The van der Waals surface area contributed by atoms with Crippen LogP contribution in [-0.4, -0.2) is 23.9 Å². The van der Waals surface area contributed by atoms with Crippen molar-refractivity contribution in [2.45, 2.75) is 39.3 Å². The maximum absolute atomic E-state index is 13.7. The van der Waals surface area contributed by atoms with Crippen molar-refractivity contribution < 1.29 is 13.6 Å². The van der Waals surface area contributed by atoms with Gasteiger partial charge in [-0.3, -0.25) is 4.79 Å². The molecule has 0 spiro atoms. The molecule has 0 saturated heterocycles.